The van der Waals surface area contributed by atoms with Gasteiger partial charge in [0.2, 0.25) is 5.91 Å². The fourth-order valence-corrected chi connectivity index (χ4v) is 4.58. The summed E-state index contributed by atoms with van der Waals surface area (Å²) >= 11 is 1.80. The topological polar surface area (TPSA) is 41.4 Å². The lowest BCUT2D eigenvalue weighted by Crippen LogP contribution is -2.40. The van der Waals surface area contributed by atoms with Gasteiger partial charge >= 0.3 is 0 Å². The number of imidazole rings is 1. The number of carbonyl (C=O) groups is 1. The van der Waals surface area contributed by atoms with Gasteiger partial charge in [0.1, 0.15) is 5.82 Å². The van der Waals surface area contributed by atoms with E-state index in [1.54, 1.807) is 11.8 Å². The summed E-state index contributed by atoms with van der Waals surface area (Å²) in [7, 11) is 0. The van der Waals surface area contributed by atoms with Crippen molar-refractivity contribution in [3.8, 4) is 0 Å². The smallest absolute Gasteiger partial charge is 0.232 e. The Hall–Kier alpha value is -1.01. The van der Waals surface area contributed by atoms with Gasteiger partial charge in [-0.15, -0.1) is 0 Å². The van der Waals surface area contributed by atoms with Crippen LogP contribution in [0.3, 0.4) is 0 Å². The Morgan fingerprint density at radius 1 is 1.25 bits per heavy atom. The Bertz CT molecular complexity index is 519. The highest BCUT2D eigenvalue weighted by Gasteiger charge is 2.23. The second-order valence-corrected chi connectivity index (χ2v) is 8.16. The number of aromatic nitrogens is 2. The summed E-state index contributed by atoms with van der Waals surface area (Å²) in [5, 5.41) is 0. The Labute approximate surface area is 149 Å². The van der Waals surface area contributed by atoms with Crippen molar-refractivity contribution in [1.82, 2.24) is 19.4 Å². The molecule has 0 saturated carbocycles. The molecule has 2 aliphatic rings. The first kappa shape index (κ1) is 17.8. The number of piperidine rings is 1. The van der Waals surface area contributed by atoms with E-state index in [4.69, 9.17) is 0 Å². The maximum atomic E-state index is 12.3. The number of amides is 1. The number of hydrogen-bond donors (Lipinski definition) is 0. The van der Waals surface area contributed by atoms with Gasteiger partial charge in [-0.1, -0.05) is 0 Å². The number of hydrogen-bond acceptors (Lipinski definition) is 4. The molecular formula is C18H30N4OS. The van der Waals surface area contributed by atoms with Crippen LogP contribution in [0.4, 0.5) is 0 Å². The molecule has 0 atom stereocenters. The zero-order chi connectivity index (χ0) is 16.8. The first-order valence-electron chi connectivity index (χ1n) is 9.28. The van der Waals surface area contributed by atoms with Crippen molar-refractivity contribution >= 4 is 17.7 Å². The summed E-state index contributed by atoms with van der Waals surface area (Å²) in [5.74, 6) is 3.83. The van der Waals surface area contributed by atoms with E-state index in [2.05, 4.69) is 32.5 Å². The number of rotatable bonds is 7. The van der Waals surface area contributed by atoms with Gasteiger partial charge in [-0.2, -0.15) is 11.8 Å². The normalized spacial score (nSPS) is 20.0. The van der Waals surface area contributed by atoms with Crippen molar-refractivity contribution in [1.29, 1.82) is 0 Å². The van der Waals surface area contributed by atoms with Gasteiger partial charge in [0.15, 0.2) is 0 Å². The highest BCUT2D eigenvalue weighted by atomic mass is 32.2. The summed E-state index contributed by atoms with van der Waals surface area (Å²) in [6.07, 6.45) is 8.84. The first-order chi connectivity index (χ1) is 11.7. The predicted octanol–water partition coefficient (Wildman–Crippen LogP) is 2.26. The molecule has 0 spiro atoms. The van der Waals surface area contributed by atoms with Crippen molar-refractivity contribution in [2.24, 2.45) is 5.92 Å². The van der Waals surface area contributed by atoms with E-state index < -0.39 is 0 Å². The first-order valence-corrected chi connectivity index (χ1v) is 10.4. The Balaban J connectivity index is 1.30. The van der Waals surface area contributed by atoms with Crippen LogP contribution in [0, 0.1) is 12.8 Å². The van der Waals surface area contributed by atoms with Crippen molar-refractivity contribution in [2.45, 2.75) is 39.2 Å². The molecule has 1 aromatic heterocycles. The van der Waals surface area contributed by atoms with E-state index >= 15 is 0 Å². The lowest BCUT2D eigenvalue weighted by atomic mass is 9.96. The molecule has 3 heterocycles. The maximum Gasteiger partial charge on any atom is 0.232 e. The molecule has 0 aromatic carbocycles. The molecule has 5 nitrogen and oxygen atoms in total. The van der Waals surface area contributed by atoms with Crippen LogP contribution in [0.2, 0.25) is 0 Å². The number of likely N-dealkylation sites (tertiary alicyclic amines) is 2. The molecule has 0 radical (unpaired) electrons. The van der Waals surface area contributed by atoms with Gasteiger partial charge in [0.05, 0.1) is 5.75 Å². The molecule has 2 aliphatic heterocycles. The van der Waals surface area contributed by atoms with E-state index in [1.165, 1.54) is 25.9 Å². The molecule has 6 heteroatoms. The molecule has 1 amide bonds. The second kappa shape index (κ2) is 8.90. The van der Waals surface area contributed by atoms with Crippen LogP contribution in [-0.4, -0.2) is 69.5 Å². The highest BCUT2D eigenvalue weighted by Crippen LogP contribution is 2.20. The molecule has 0 unspecified atom stereocenters. The lowest BCUT2D eigenvalue weighted by Gasteiger charge is -2.32. The minimum Gasteiger partial charge on any atom is -0.342 e. The zero-order valence-corrected chi connectivity index (χ0v) is 15.6. The van der Waals surface area contributed by atoms with Gasteiger partial charge in [-0.25, -0.2) is 4.98 Å². The molecule has 2 saturated heterocycles. The lowest BCUT2D eigenvalue weighted by molar-refractivity contribution is -0.129. The van der Waals surface area contributed by atoms with Gasteiger partial charge in [0, 0.05) is 44.3 Å². The summed E-state index contributed by atoms with van der Waals surface area (Å²) < 4.78 is 2.23. The van der Waals surface area contributed by atoms with Crippen molar-refractivity contribution in [3.05, 3.63) is 18.2 Å². The van der Waals surface area contributed by atoms with Crippen LogP contribution in [0.1, 0.15) is 31.5 Å². The SMILES string of the molecule is Cc1nccn1CC1CCN(C(=O)CSCCN2CCCC2)CC1. The molecule has 1 aromatic rings. The molecule has 2 fully saturated rings. The van der Waals surface area contributed by atoms with Gasteiger partial charge < -0.3 is 14.4 Å². The minimum absolute atomic E-state index is 0.332. The van der Waals surface area contributed by atoms with Crippen molar-refractivity contribution in [3.63, 3.8) is 0 Å². The summed E-state index contributed by atoms with van der Waals surface area (Å²) in [5.41, 5.74) is 0. The second-order valence-electron chi connectivity index (χ2n) is 7.05. The predicted molar refractivity (Wildman–Crippen MR) is 99.3 cm³/mol. The third-order valence-corrected chi connectivity index (χ3v) is 6.24. The van der Waals surface area contributed by atoms with Crippen molar-refractivity contribution in [2.75, 3.05) is 44.2 Å². The monoisotopic (exact) mass is 350 g/mol. The fraction of sp³-hybridized carbons (Fsp3) is 0.778. The third kappa shape index (κ3) is 4.99. The van der Waals surface area contributed by atoms with Crippen molar-refractivity contribution < 1.29 is 4.79 Å². The van der Waals surface area contributed by atoms with Crippen LogP contribution >= 0.6 is 11.8 Å². The number of carbonyl (C=O) groups excluding carboxylic acids is 1. The standard InChI is InChI=1S/C18H30N4OS/c1-16-19-6-11-22(16)14-17-4-9-21(10-5-17)18(23)15-24-13-12-20-7-2-3-8-20/h6,11,17H,2-5,7-10,12-15H2,1H3. The molecule has 3 rings (SSSR count). The number of aryl methyl sites for hydroxylation is 1. The van der Waals surface area contributed by atoms with E-state index in [-0.39, 0.29) is 0 Å². The zero-order valence-electron chi connectivity index (χ0n) is 14.8. The van der Waals surface area contributed by atoms with E-state index in [0.717, 1.165) is 50.6 Å². The van der Waals surface area contributed by atoms with Crippen LogP contribution < -0.4 is 0 Å². The molecule has 24 heavy (non-hydrogen) atoms. The largest absolute Gasteiger partial charge is 0.342 e. The quantitative estimate of drug-likeness (QED) is 0.708. The molecule has 134 valence electrons. The van der Waals surface area contributed by atoms with Gasteiger partial charge in [0.25, 0.3) is 0 Å². The average Bonchev–Trinajstić information content (AvgIpc) is 3.25. The maximum absolute atomic E-state index is 12.3. The molecule has 0 aliphatic carbocycles. The van der Waals surface area contributed by atoms with Gasteiger partial charge in [-0.3, -0.25) is 4.79 Å². The van der Waals surface area contributed by atoms with Crippen LogP contribution in [0.5, 0.6) is 0 Å². The summed E-state index contributed by atoms with van der Waals surface area (Å²) in [4.78, 5) is 21.2. The Morgan fingerprint density at radius 2 is 2.00 bits per heavy atom. The van der Waals surface area contributed by atoms with Crippen LogP contribution in [-0.2, 0) is 11.3 Å². The molecular weight excluding hydrogens is 320 g/mol. The minimum atomic E-state index is 0.332. The average molecular weight is 351 g/mol. The number of nitrogens with zero attached hydrogens (tertiary/aromatic N) is 4. The third-order valence-electron chi connectivity index (χ3n) is 5.32. The Kier molecular flexibility index (Phi) is 6.60. The van der Waals surface area contributed by atoms with E-state index in [9.17, 15) is 4.79 Å². The summed E-state index contributed by atoms with van der Waals surface area (Å²) in [6, 6.07) is 0. The van der Waals surface area contributed by atoms with E-state index in [0.29, 0.717) is 17.6 Å². The molecule has 0 bridgehead atoms. The van der Waals surface area contributed by atoms with Gasteiger partial charge in [-0.05, 0) is 51.6 Å². The van der Waals surface area contributed by atoms with Crippen LogP contribution in [0.15, 0.2) is 12.4 Å². The molecule has 0 N–H and O–H groups in total. The van der Waals surface area contributed by atoms with Crippen LogP contribution in [0.25, 0.3) is 0 Å². The number of thioether (sulfide) groups is 1. The summed E-state index contributed by atoms with van der Waals surface area (Å²) in [6.45, 7) is 8.57. The van der Waals surface area contributed by atoms with E-state index in [1.807, 2.05) is 6.20 Å². The highest BCUT2D eigenvalue weighted by molar-refractivity contribution is 7.99. The Morgan fingerprint density at radius 3 is 2.67 bits per heavy atom. The fourth-order valence-electron chi connectivity index (χ4n) is 3.69.